The molecule has 0 aromatic carbocycles. The molecule has 1 fully saturated rings. The van der Waals surface area contributed by atoms with Gasteiger partial charge in [0.2, 0.25) is 11.7 Å². The quantitative estimate of drug-likeness (QED) is 0.389. The van der Waals surface area contributed by atoms with Crippen LogP contribution in [0, 0.1) is 10.1 Å². The van der Waals surface area contributed by atoms with Crippen LogP contribution in [0.5, 0.6) is 0 Å². The summed E-state index contributed by atoms with van der Waals surface area (Å²) in [6.07, 6.45) is 3.08. The molecule has 8 heteroatoms. The number of anilines is 2. The van der Waals surface area contributed by atoms with Gasteiger partial charge in [-0.2, -0.15) is 0 Å². The summed E-state index contributed by atoms with van der Waals surface area (Å²) in [5, 5.41) is 16.6. The van der Waals surface area contributed by atoms with Gasteiger partial charge in [0.25, 0.3) is 0 Å². The van der Waals surface area contributed by atoms with Gasteiger partial charge in [-0.05, 0) is 25.3 Å². The third-order valence-electron chi connectivity index (χ3n) is 2.91. The van der Waals surface area contributed by atoms with E-state index in [1.807, 2.05) is 0 Å². The van der Waals surface area contributed by atoms with Crippen molar-refractivity contribution in [3.8, 4) is 0 Å². The number of nitro groups is 1. The molecule has 108 valence electrons. The summed E-state index contributed by atoms with van der Waals surface area (Å²) in [4.78, 5) is 25.6. The Labute approximate surface area is 115 Å². The minimum atomic E-state index is -0.519. The summed E-state index contributed by atoms with van der Waals surface area (Å²) in [5.41, 5.74) is 5.38. The van der Waals surface area contributed by atoms with Crippen LogP contribution in [0.15, 0.2) is 12.1 Å². The standard InChI is InChI=1S/C12H17N5O3/c13-10-6-5-9(17(19)20)12(16-10)14-7-1-2-11(18)15-8-3-4-8/h5-6,8H,1-4,7H2,(H,15,18)(H3,13,14,16). The van der Waals surface area contributed by atoms with E-state index in [1.165, 1.54) is 12.1 Å². The van der Waals surface area contributed by atoms with Crippen molar-refractivity contribution >= 4 is 23.2 Å². The van der Waals surface area contributed by atoms with E-state index in [2.05, 4.69) is 15.6 Å². The molecule has 2 rings (SSSR count). The van der Waals surface area contributed by atoms with Crippen LogP contribution < -0.4 is 16.4 Å². The molecule has 1 heterocycles. The van der Waals surface area contributed by atoms with Crippen LogP contribution in [0.4, 0.5) is 17.3 Å². The smallest absolute Gasteiger partial charge is 0.311 e. The number of aromatic nitrogens is 1. The number of hydrogen-bond acceptors (Lipinski definition) is 6. The summed E-state index contributed by atoms with van der Waals surface area (Å²) in [6.45, 7) is 0.426. The van der Waals surface area contributed by atoms with E-state index in [-0.39, 0.29) is 23.2 Å². The normalized spacial score (nSPS) is 13.8. The number of nitrogens with two attached hydrogens (primary N) is 1. The van der Waals surface area contributed by atoms with Crippen LogP contribution >= 0.6 is 0 Å². The van der Waals surface area contributed by atoms with Crippen LogP contribution in [-0.2, 0) is 4.79 Å². The second kappa shape index (κ2) is 6.18. The maximum absolute atomic E-state index is 11.5. The topological polar surface area (TPSA) is 123 Å². The first kappa shape index (κ1) is 14.0. The predicted molar refractivity (Wildman–Crippen MR) is 74.2 cm³/mol. The number of hydrogen-bond donors (Lipinski definition) is 3. The van der Waals surface area contributed by atoms with E-state index in [0.717, 1.165) is 12.8 Å². The summed E-state index contributed by atoms with van der Waals surface area (Å²) < 4.78 is 0. The number of nitrogens with one attached hydrogen (secondary N) is 2. The Morgan fingerprint density at radius 3 is 2.90 bits per heavy atom. The lowest BCUT2D eigenvalue weighted by Crippen LogP contribution is -2.25. The predicted octanol–water partition coefficient (Wildman–Crippen LogP) is 1.04. The zero-order valence-corrected chi connectivity index (χ0v) is 11.0. The van der Waals surface area contributed by atoms with Gasteiger partial charge in [-0.15, -0.1) is 0 Å². The SMILES string of the molecule is Nc1ccc([N+](=O)[O-])c(NCCCC(=O)NC2CC2)n1. The minimum absolute atomic E-state index is 0.0179. The molecule has 1 amide bonds. The zero-order valence-electron chi connectivity index (χ0n) is 11.0. The fourth-order valence-electron chi connectivity index (χ4n) is 1.73. The molecule has 0 saturated heterocycles. The third kappa shape index (κ3) is 4.08. The van der Waals surface area contributed by atoms with Crippen molar-refractivity contribution in [2.75, 3.05) is 17.6 Å². The molecule has 1 saturated carbocycles. The molecular formula is C12H17N5O3. The highest BCUT2D eigenvalue weighted by Gasteiger charge is 2.22. The fourth-order valence-corrected chi connectivity index (χ4v) is 1.73. The number of carbonyl (C=O) groups is 1. The highest BCUT2D eigenvalue weighted by molar-refractivity contribution is 5.76. The van der Waals surface area contributed by atoms with Gasteiger partial charge in [-0.3, -0.25) is 14.9 Å². The molecule has 20 heavy (non-hydrogen) atoms. The monoisotopic (exact) mass is 279 g/mol. The number of pyridine rings is 1. The molecule has 0 unspecified atom stereocenters. The molecule has 1 aromatic rings. The largest absolute Gasteiger partial charge is 0.384 e. The Morgan fingerprint density at radius 2 is 2.25 bits per heavy atom. The lowest BCUT2D eigenvalue weighted by atomic mass is 10.3. The van der Waals surface area contributed by atoms with Crippen LogP contribution in [0.1, 0.15) is 25.7 Å². The van der Waals surface area contributed by atoms with Crippen molar-refractivity contribution < 1.29 is 9.72 Å². The maximum atomic E-state index is 11.5. The van der Waals surface area contributed by atoms with Crippen LogP contribution in [0.3, 0.4) is 0 Å². The summed E-state index contributed by atoms with van der Waals surface area (Å²) >= 11 is 0. The molecular weight excluding hydrogens is 262 g/mol. The molecule has 0 atom stereocenters. The van der Waals surface area contributed by atoms with Crippen molar-refractivity contribution in [1.82, 2.24) is 10.3 Å². The van der Waals surface area contributed by atoms with E-state index in [4.69, 9.17) is 5.73 Å². The Bertz CT molecular complexity index is 516. The van der Waals surface area contributed by atoms with Gasteiger partial charge in [-0.25, -0.2) is 4.98 Å². The van der Waals surface area contributed by atoms with Crippen molar-refractivity contribution in [2.45, 2.75) is 31.7 Å². The Balaban J connectivity index is 1.79. The van der Waals surface area contributed by atoms with Crippen LogP contribution in [0.2, 0.25) is 0 Å². The molecule has 0 spiro atoms. The second-order valence-electron chi connectivity index (χ2n) is 4.73. The summed E-state index contributed by atoms with van der Waals surface area (Å²) in [6, 6.07) is 3.05. The van der Waals surface area contributed by atoms with Gasteiger partial charge in [0.05, 0.1) is 4.92 Å². The van der Waals surface area contributed by atoms with E-state index < -0.39 is 4.92 Å². The molecule has 8 nitrogen and oxygen atoms in total. The number of carbonyl (C=O) groups excluding carboxylic acids is 1. The lowest BCUT2D eigenvalue weighted by Gasteiger charge is -2.07. The molecule has 1 aromatic heterocycles. The first-order valence-corrected chi connectivity index (χ1v) is 6.50. The van der Waals surface area contributed by atoms with Gasteiger partial charge < -0.3 is 16.4 Å². The lowest BCUT2D eigenvalue weighted by molar-refractivity contribution is -0.384. The van der Waals surface area contributed by atoms with Gasteiger partial charge >= 0.3 is 5.69 Å². The molecule has 0 radical (unpaired) electrons. The van der Waals surface area contributed by atoms with Gasteiger partial charge in [-0.1, -0.05) is 0 Å². The molecule has 1 aliphatic carbocycles. The van der Waals surface area contributed by atoms with E-state index in [1.54, 1.807) is 0 Å². The van der Waals surface area contributed by atoms with E-state index in [9.17, 15) is 14.9 Å². The van der Waals surface area contributed by atoms with Crippen molar-refractivity contribution in [1.29, 1.82) is 0 Å². The maximum Gasteiger partial charge on any atom is 0.311 e. The first-order chi connectivity index (χ1) is 9.56. The molecule has 1 aliphatic rings. The van der Waals surface area contributed by atoms with E-state index in [0.29, 0.717) is 25.4 Å². The van der Waals surface area contributed by atoms with Crippen molar-refractivity contribution in [3.63, 3.8) is 0 Å². The zero-order chi connectivity index (χ0) is 14.5. The second-order valence-corrected chi connectivity index (χ2v) is 4.73. The molecule has 0 bridgehead atoms. The molecule has 4 N–H and O–H groups in total. The average molecular weight is 279 g/mol. The highest BCUT2D eigenvalue weighted by Crippen LogP contribution is 2.22. The number of amides is 1. The number of rotatable bonds is 7. The van der Waals surface area contributed by atoms with Gasteiger partial charge in [0.15, 0.2) is 0 Å². The summed E-state index contributed by atoms with van der Waals surface area (Å²) in [5.74, 6) is 0.367. The minimum Gasteiger partial charge on any atom is -0.384 e. The van der Waals surface area contributed by atoms with Crippen LogP contribution in [0.25, 0.3) is 0 Å². The van der Waals surface area contributed by atoms with E-state index >= 15 is 0 Å². The van der Waals surface area contributed by atoms with Crippen LogP contribution in [-0.4, -0.2) is 28.4 Å². The van der Waals surface area contributed by atoms with Gasteiger partial charge in [0.1, 0.15) is 5.82 Å². The van der Waals surface area contributed by atoms with Crippen molar-refractivity contribution in [2.24, 2.45) is 0 Å². The molecule has 0 aliphatic heterocycles. The number of nitrogens with zero attached hydrogens (tertiary/aromatic N) is 2. The first-order valence-electron chi connectivity index (χ1n) is 6.50. The highest BCUT2D eigenvalue weighted by atomic mass is 16.6. The summed E-state index contributed by atoms with van der Waals surface area (Å²) in [7, 11) is 0. The number of nitrogen functional groups attached to an aromatic ring is 1. The van der Waals surface area contributed by atoms with Gasteiger partial charge in [0, 0.05) is 25.1 Å². The Hall–Kier alpha value is -2.38. The third-order valence-corrected chi connectivity index (χ3v) is 2.91. The average Bonchev–Trinajstić information content (AvgIpc) is 3.18. The Morgan fingerprint density at radius 1 is 1.50 bits per heavy atom. The Kier molecular flexibility index (Phi) is 4.34. The van der Waals surface area contributed by atoms with Crippen molar-refractivity contribution in [3.05, 3.63) is 22.2 Å². The fraction of sp³-hybridized carbons (Fsp3) is 0.500.